The van der Waals surface area contributed by atoms with E-state index < -0.39 is 29.8 Å². The van der Waals surface area contributed by atoms with Crippen LogP contribution in [0.2, 0.25) is 0 Å². The molecular formula is C32H40O10. The monoisotopic (exact) mass is 584 g/mol. The molecule has 0 aromatic heterocycles. The van der Waals surface area contributed by atoms with Gasteiger partial charge in [0.1, 0.15) is 28.7 Å². The summed E-state index contributed by atoms with van der Waals surface area (Å²) in [5.41, 5.74) is 0.404. The molecule has 2 aromatic carbocycles. The van der Waals surface area contributed by atoms with Gasteiger partial charge in [-0.15, -0.1) is 0 Å². The van der Waals surface area contributed by atoms with Gasteiger partial charge in [-0.25, -0.2) is 0 Å². The molecule has 0 atom stereocenters. The van der Waals surface area contributed by atoms with E-state index >= 15 is 0 Å². The van der Waals surface area contributed by atoms with Crippen molar-refractivity contribution in [1.82, 2.24) is 0 Å². The first-order valence-electron chi connectivity index (χ1n) is 14.5. The highest BCUT2D eigenvalue weighted by Gasteiger charge is 2.24. The molecule has 10 nitrogen and oxygen atoms in total. The minimum Gasteiger partial charge on any atom is -0.426 e. The first-order valence-corrected chi connectivity index (χ1v) is 14.5. The molecular weight excluding hydrogens is 544 g/mol. The van der Waals surface area contributed by atoms with E-state index in [0.717, 1.165) is 0 Å². The summed E-state index contributed by atoms with van der Waals surface area (Å²) >= 11 is 0. The molecule has 0 N–H and O–H groups in total. The molecule has 0 fully saturated rings. The third-order valence-corrected chi connectivity index (χ3v) is 5.62. The molecule has 0 unspecified atom stereocenters. The molecule has 42 heavy (non-hydrogen) atoms. The zero-order chi connectivity index (χ0) is 31.1. The summed E-state index contributed by atoms with van der Waals surface area (Å²) in [6.45, 7) is 9.12. The van der Waals surface area contributed by atoms with Gasteiger partial charge in [0.25, 0.3) is 0 Å². The van der Waals surface area contributed by atoms with Crippen LogP contribution in [0.5, 0.6) is 28.7 Å². The van der Waals surface area contributed by atoms with Crippen LogP contribution in [-0.2, 0) is 24.0 Å². The van der Waals surface area contributed by atoms with E-state index in [0.29, 0.717) is 32.1 Å². The van der Waals surface area contributed by atoms with Crippen LogP contribution in [0.4, 0.5) is 0 Å². The number of hydrogen-bond acceptors (Lipinski definition) is 10. The van der Waals surface area contributed by atoms with Crippen molar-refractivity contribution in [1.29, 1.82) is 0 Å². The molecule has 2 aromatic rings. The average Bonchev–Trinajstić information content (AvgIpc) is 2.89. The molecule has 0 heterocycles. The van der Waals surface area contributed by atoms with Crippen molar-refractivity contribution in [3.8, 4) is 39.9 Å². The summed E-state index contributed by atoms with van der Waals surface area (Å²) in [6, 6.07) is 7.07. The quantitative estimate of drug-likeness (QED) is 0.152. The van der Waals surface area contributed by atoms with Gasteiger partial charge < -0.3 is 23.7 Å². The summed E-state index contributed by atoms with van der Waals surface area (Å²) < 4.78 is 27.8. The molecule has 0 bridgehead atoms. The van der Waals surface area contributed by atoms with Gasteiger partial charge in [-0.2, -0.15) is 0 Å². The molecule has 0 aliphatic carbocycles. The Bertz CT molecular complexity index is 1180. The lowest BCUT2D eigenvalue weighted by molar-refractivity contribution is -0.136. The van der Waals surface area contributed by atoms with Crippen LogP contribution in [0.15, 0.2) is 30.3 Å². The van der Waals surface area contributed by atoms with Crippen molar-refractivity contribution in [2.24, 2.45) is 0 Å². The maximum absolute atomic E-state index is 12.7. The minimum absolute atomic E-state index is 0.0101. The zero-order valence-electron chi connectivity index (χ0n) is 25.0. The summed E-state index contributed by atoms with van der Waals surface area (Å²) in [5.74, 6) is -2.61. The average molecular weight is 585 g/mol. The normalized spacial score (nSPS) is 10.5. The molecule has 2 rings (SSSR count). The highest BCUT2D eigenvalue weighted by atomic mass is 16.6. The third kappa shape index (κ3) is 11.0. The van der Waals surface area contributed by atoms with Gasteiger partial charge in [-0.05, 0) is 49.8 Å². The van der Waals surface area contributed by atoms with Gasteiger partial charge in [0.2, 0.25) is 0 Å². The van der Waals surface area contributed by atoms with Gasteiger partial charge in [-0.1, -0.05) is 34.6 Å². The van der Waals surface area contributed by atoms with E-state index in [9.17, 15) is 24.0 Å². The maximum atomic E-state index is 12.7. The molecule has 0 radical (unpaired) electrons. The lowest BCUT2D eigenvalue weighted by Crippen LogP contribution is -2.13. The van der Waals surface area contributed by atoms with Crippen LogP contribution < -0.4 is 23.7 Å². The SMILES string of the molecule is CCCC(=O)Oc1cc(OC(=O)CCC)cc(-c2c(OC(=O)CCC)cc(OC(=O)CCC)cc2OC(=O)CCC)c1. The summed E-state index contributed by atoms with van der Waals surface area (Å²) in [6.07, 6.45) is 3.35. The Morgan fingerprint density at radius 1 is 0.429 bits per heavy atom. The minimum atomic E-state index is -0.568. The Morgan fingerprint density at radius 2 is 0.714 bits per heavy atom. The van der Waals surface area contributed by atoms with Crippen LogP contribution in [-0.4, -0.2) is 29.8 Å². The summed E-state index contributed by atoms with van der Waals surface area (Å²) in [4.78, 5) is 62.3. The highest BCUT2D eigenvalue weighted by molar-refractivity contribution is 5.87. The molecule has 0 amide bonds. The van der Waals surface area contributed by atoms with E-state index in [2.05, 4.69) is 0 Å². The Labute approximate surface area is 246 Å². The van der Waals surface area contributed by atoms with Gasteiger partial charge in [0, 0.05) is 50.3 Å². The second kappa shape index (κ2) is 17.6. The van der Waals surface area contributed by atoms with E-state index in [1.165, 1.54) is 30.3 Å². The number of benzene rings is 2. The third-order valence-electron chi connectivity index (χ3n) is 5.62. The molecule has 10 heteroatoms. The molecule has 228 valence electrons. The lowest BCUT2D eigenvalue weighted by Gasteiger charge is -2.18. The smallest absolute Gasteiger partial charge is 0.311 e. The molecule has 0 spiro atoms. The fourth-order valence-corrected chi connectivity index (χ4v) is 3.82. The summed E-state index contributed by atoms with van der Waals surface area (Å²) in [7, 11) is 0. The Balaban J connectivity index is 2.82. The number of hydrogen-bond donors (Lipinski definition) is 0. The van der Waals surface area contributed by atoms with Crippen molar-refractivity contribution < 1.29 is 47.7 Å². The number of carbonyl (C=O) groups excluding carboxylic acids is 5. The summed E-state index contributed by atoms with van der Waals surface area (Å²) in [5, 5.41) is 0. The van der Waals surface area contributed by atoms with Gasteiger partial charge >= 0.3 is 29.8 Å². The van der Waals surface area contributed by atoms with E-state index in [1.54, 1.807) is 0 Å². The van der Waals surface area contributed by atoms with E-state index in [4.69, 9.17) is 23.7 Å². The Hall–Kier alpha value is -4.21. The van der Waals surface area contributed by atoms with Crippen LogP contribution >= 0.6 is 0 Å². The van der Waals surface area contributed by atoms with Crippen LogP contribution in [0.25, 0.3) is 11.1 Å². The second-order valence-corrected chi connectivity index (χ2v) is 9.61. The van der Waals surface area contributed by atoms with E-state index in [1.807, 2.05) is 34.6 Å². The maximum Gasteiger partial charge on any atom is 0.311 e. The van der Waals surface area contributed by atoms with Crippen LogP contribution in [0, 0.1) is 0 Å². The lowest BCUT2D eigenvalue weighted by atomic mass is 10.0. The molecule has 0 saturated carbocycles. The number of carbonyl (C=O) groups is 5. The predicted octanol–water partition coefficient (Wildman–Crippen LogP) is 6.88. The van der Waals surface area contributed by atoms with Crippen molar-refractivity contribution in [2.75, 3.05) is 0 Å². The van der Waals surface area contributed by atoms with Crippen molar-refractivity contribution in [3.63, 3.8) is 0 Å². The van der Waals surface area contributed by atoms with Crippen LogP contribution in [0.3, 0.4) is 0 Å². The zero-order valence-corrected chi connectivity index (χ0v) is 25.0. The molecule has 0 saturated heterocycles. The Kier molecular flexibility index (Phi) is 14.2. The van der Waals surface area contributed by atoms with Crippen LogP contribution in [0.1, 0.15) is 98.8 Å². The second-order valence-electron chi connectivity index (χ2n) is 9.61. The Morgan fingerprint density at radius 3 is 1.02 bits per heavy atom. The van der Waals surface area contributed by atoms with E-state index in [-0.39, 0.29) is 72.0 Å². The predicted molar refractivity (Wildman–Crippen MR) is 155 cm³/mol. The van der Waals surface area contributed by atoms with Crippen molar-refractivity contribution in [3.05, 3.63) is 30.3 Å². The number of ether oxygens (including phenoxy) is 5. The number of rotatable bonds is 16. The molecule has 0 aliphatic heterocycles. The first kappa shape index (κ1) is 34.0. The van der Waals surface area contributed by atoms with Crippen molar-refractivity contribution in [2.45, 2.75) is 98.8 Å². The fourth-order valence-electron chi connectivity index (χ4n) is 3.82. The first-order chi connectivity index (χ1) is 20.1. The van der Waals surface area contributed by atoms with Gasteiger partial charge in [0.15, 0.2) is 0 Å². The fraction of sp³-hybridized carbons (Fsp3) is 0.469. The standard InChI is InChI=1S/C32H40O10/c1-6-11-27(33)38-22-16-21(17-23(18-22)39-28(34)12-7-2)32-25(41-30(36)14-9-4)19-24(40-29(35)13-8-3)20-26(32)42-31(37)15-10-5/h16-20H,6-15H2,1-5H3. The number of esters is 5. The van der Waals surface area contributed by atoms with Gasteiger partial charge in [0.05, 0.1) is 5.56 Å². The molecule has 0 aliphatic rings. The largest absolute Gasteiger partial charge is 0.426 e. The topological polar surface area (TPSA) is 132 Å². The van der Waals surface area contributed by atoms with Crippen molar-refractivity contribution >= 4 is 29.8 Å². The highest BCUT2D eigenvalue weighted by Crippen LogP contribution is 2.45. The van der Waals surface area contributed by atoms with Gasteiger partial charge in [-0.3, -0.25) is 24.0 Å².